The molecule has 2 fully saturated rings. The van der Waals surface area contributed by atoms with Crippen molar-refractivity contribution in [2.45, 2.75) is 36.9 Å². The first kappa shape index (κ1) is 11.6. The van der Waals surface area contributed by atoms with Crippen molar-refractivity contribution in [3.05, 3.63) is 35.9 Å². The number of carbonyl (C=O) groups is 1. The fraction of sp³-hybridized carbons (Fsp3) is 0.462. The molecule has 0 aromatic heterocycles. The summed E-state index contributed by atoms with van der Waals surface area (Å²) in [5.74, 6) is -0.364. The Kier molecular flexibility index (Phi) is 2.81. The second-order valence-electron chi connectivity index (χ2n) is 4.64. The summed E-state index contributed by atoms with van der Waals surface area (Å²) >= 11 is 0. The third-order valence-corrected chi connectivity index (χ3v) is 3.46. The van der Waals surface area contributed by atoms with Gasteiger partial charge >= 0.3 is 5.97 Å². The SMILES string of the molecule is O=C1C[C@@H]2O[C@@H]([C@H](O)c3ccccc3)[C@H](O)[C@@H]2O1. The molecule has 96 valence electrons. The van der Waals surface area contributed by atoms with Crippen molar-refractivity contribution >= 4 is 5.97 Å². The third kappa shape index (κ3) is 1.80. The number of hydrogen-bond donors (Lipinski definition) is 2. The van der Waals surface area contributed by atoms with Crippen molar-refractivity contribution in [3.63, 3.8) is 0 Å². The molecule has 0 bridgehead atoms. The Bertz CT molecular complexity index is 446. The van der Waals surface area contributed by atoms with Crippen molar-refractivity contribution in [1.29, 1.82) is 0 Å². The molecule has 1 aromatic rings. The lowest BCUT2D eigenvalue weighted by Crippen LogP contribution is -2.35. The average Bonchev–Trinajstić information content (AvgIpc) is 2.88. The van der Waals surface area contributed by atoms with E-state index in [-0.39, 0.29) is 12.4 Å². The molecule has 1 aromatic carbocycles. The molecule has 2 aliphatic heterocycles. The Balaban J connectivity index is 1.77. The number of aliphatic hydroxyl groups is 2. The van der Waals surface area contributed by atoms with Crippen LogP contribution < -0.4 is 0 Å². The highest BCUT2D eigenvalue weighted by molar-refractivity contribution is 5.73. The molecule has 5 heteroatoms. The Labute approximate surface area is 104 Å². The molecule has 0 radical (unpaired) electrons. The van der Waals surface area contributed by atoms with Crippen LogP contribution in [0.15, 0.2) is 30.3 Å². The normalized spacial score (nSPS) is 36.2. The number of esters is 1. The van der Waals surface area contributed by atoms with Gasteiger partial charge in [-0.1, -0.05) is 30.3 Å². The van der Waals surface area contributed by atoms with Gasteiger partial charge in [0.15, 0.2) is 6.10 Å². The van der Waals surface area contributed by atoms with Gasteiger partial charge in [-0.2, -0.15) is 0 Å². The topological polar surface area (TPSA) is 76.0 Å². The second-order valence-corrected chi connectivity index (χ2v) is 4.64. The first-order chi connectivity index (χ1) is 8.66. The highest BCUT2D eigenvalue weighted by Crippen LogP contribution is 2.36. The van der Waals surface area contributed by atoms with Gasteiger partial charge in [0, 0.05) is 0 Å². The maximum atomic E-state index is 11.1. The van der Waals surface area contributed by atoms with Crippen molar-refractivity contribution < 1.29 is 24.5 Å². The maximum Gasteiger partial charge on any atom is 0.309 e. The van der Waals surface area contributed by atoms with E-state index in [4.69, 9.17) is 9.47 Å². The monoisotopic (exact) mass is 250 g/mol. The Morgan fingerprint density at radius 3 is 2.67 bits per heavy atom. The Hall–Kier alpha value is -1.43. The van der Waals surface area contributed by atoms with E-state index in [0.717, 1.165) is 0 Å². The van der Waals surface area contributed by atoms with Gasteiger partial charge in [-0.25, -0.2) is 0 Å². The molecule has 2 N–H and O–H groups in total. The van der Waals surface area contributed by atoms with Crippen molar-refractivity contribution in [2.24, 2.45) is 0 Å². The van der Waals surface area contributed by atoms with Gasteiger partial charge in [0.05, 0.1) is 6.42 Å². The van der Waals surface area contributed by atoms with Crippen LogP contribution in [0.5, 0.6) is 0 Å². The maximum absolute atomic E-state index is 11.1. The number of benzene rings is 1. The largest absolute Gasteiger partial charge is 0.457 e. The second kappa shape index (κ2) is 4.35. The minimum Gasteiger partial charge on any atom is -0.457 e. The van der Waals surface area contributed by atoms with E-state index in [9.17, 15) is 15.0 Å². The summed E-state index contributed by atoms with van der Waals surface area (Å²) in [6.07, 6.45) is -3.63. The van der Waals surface area contributed by atoms with Gasteiger partial charge in [0.25, 0.3) is 0 Å². The molecule has 0 spiro atoms. The average molecular weight is 250 g/mol. The van der Waals surface area contributed by atoms with Gasteiger partial charge in [-0.15, -0.1) is 0 Å². The number of aliphatic hydroxyl groups excluding tert-OH is 2. The molecule has 3 rings (SSSR count). The number of ether oxygens (including phenoxy) is 2. The molecule has 2 aliphatic rings. The first-order valence-electron chi connectivity index (χ1n) is 5.93. The van der Waals surface area contributed by atoms with Crippen molar-refractivity contribution in [2.75, 3.05) is 0 Å². The molecule has 0 amide bonds. The zero-order valence-corrected chi connectivity index (χ0v) is 9.60. The minimum atomic E-state index is -0.989. The van der Waals surface area contributed by atoms with E-state index in [1.807, 2.05) is 6.07 Å². The van der Waals surface area contributed by atoms with Crippen LogP contribution in [0, 0.1) is 0 Å². The summed E-state index contributed by atoms with van der Waals surface area (Å²) in [5, 5.41) is 20.2. The lowest BCUT2D eigenvalue weighted by Gasteiger charge is -2.22. The van der Waals surface area contributed by atoms with Gasteiger partial charge < -0.3 is 19.7 Å². The highest BCUT2D eigenvalue weighted by atomic mass is 16.6. The van der Waals surface area contributed by atoms with Crippen LogP contribution in [-0.4, -0.2) is 40.6 Å². The molecule has 2 saturated heterocycles. The number of hydrogen-bond acceptors (Lipinski definition) is 5. The molecular weight excluding hydrogens is 236 g/mol. The molecule has 0 aliphatic carbocycles. The van der Waals surface area contributed by atoms with E-state index >= 15 is 0 Å². The van der Waals surface area contributed by atoms with Gasteiger partial charge in [-0.3, -0.25) is 4.79 Å². The predicted molar refractivity (Wildman–Crippen MR) is 60.6 cm³/mol. The van der Waals surface area contributed by atoms with Gasteiger partial charge in [0.2, 0.25) is 0 Å². The van der Waals surface area contributed by atoms with Gasteiger partial charge in [-0.05, 0) is 5.56 Å². The van der Waals surface area contributed by atoms with Crippen LogP contribution >= 0.6 is 0 Å². The molecule has 0 saturated carbocycles. The molecule has 5 atom stereocenters. The fourth-order valence-electron chi connectivity index (χ4n) is 2.54. The highest BCUT2D eigenvalue weighted by Gasteiger charge is 2.53. The third-order valence-electron chi connectivity index (χ3n) is 3.46. The van der Waals surface area contributed by atoms with Gasteiger partial charge in [0.1, 0.15) is 24.4 Å². The number of fused-ring (bicyclic) bond motifs is 1. The smallest absolute Gasteiger partial charge is 0.309 e. The van der Waals surface area contributed by atoms with E-state index in [1.54, 1.807) is 24.3 Å². The van der Waals surface area contributed by atoms with Crippen LogP contribution in [0.2, 0.25) is 0 Å². The summed E-state index contributed by atoms with van der Waals surface area (Å²) in [6.45, 7) is 0. The van der Waals surface area contributed by atoms with E-state index in [0.29, 0.717) is 5.56 Å². The summed E-state index contributed by atoms with van der Waals surface area (Å²) in [4.78, 5) is 11.1. The summed E-state index contributed by atoms with van der Waals surface area (Å²) in [6, 6.07) is 8.99. The van der Waals surface area contributed by atoms with E-state index in [2.05, 4.69) is 0 Å². The zero-order chi connectivity index (χ0) is 12.7. The molecule has 0 unspecified atom stereocenters. The van der Waals surface area contributed by atoms with Crippen LogP contribution in [0.3, 0.4) is 0 Å². The van der Waals surface area contributed by atoms with Crippen LogP contribution in [0.4, 0.5) is 0 Å². The predicted octanol–water partition coefficient (Wildman–Crippen LogP) is 0.164. The lowest BCUT2D eigenvalue weighted by atomic mass is 9.99. The summed E-state index contributed by atoms with van der Waals surface area (Å²) in [5.41, 5.74) is 0.674. The van der Waals surface area contributed by atoms with Crippen LogP contribution in [0.25, 0.3) is 0 Å². The van der Waals surface area contributed by atoms with Crippen molar-refractivity contribution in [1.82, 2.24) is 0 Å². The van der Waals surface area contributed by atoms with Crippen LogP contribution in [-0.2, 0) is 14.3 Å². The summed E-state index contributed by atoms with van der Waals surface area (Å²) in [7, 11) is 0. The summed E-state index contributed by atoms with van der Waals surface area (Å²) < 4.78 is 10.5. The first-order valence-corrected chi connectivity index (χ1v) is 5.93. The molecule has 18 heavy (non-hydrogen) atoms. The quantitative estimate of drug-likeness (QED) is 0.731. The van der Waals surface area contributed by atoms with E-state index < -0.39 is 30.5 Å². The molecule has 5 nitrogen and oxygen atoms in total. The standard InChI is InChI=1S/C13H14O5/c14-9-6-8-12(18-9)11(16)13(17-8)10(15)7-4-2-1-3-5-7/h1-5,8,10-13,15-16H,6H2/t8-,10+,11+,12+,13-/m0/s1. The van der Waals surface area contributed by atoms with Crippen molar-refractivity contribution in [3.8, 4) is 0 Å². The molecular formula is C13H14O5. The molecule has 2 heterocycles. The Morgan fingerprint density at radius 2 is 2.00 bits per heavy atom. The Morgan fingerprint density at radius 1 is 1.28 bits per heavy atom. The zero-order valence-electron chi connectivity index (χ0n) is 9.60. The van der Waals surface area contributed by atoms with Crippen LogP contribution in [0.1, 0.15) is 18.1 Å². The number of carbonyl (C=O) groups excluding carboxylic acids is 1. The fourth-order valence-corrected chi connectivity index (χ4v) is 2.54. The minimum absolute atomic E-state index is 0.139. The van der Waals surface area contributed by atoms with E-state index in [1.165, 1.54) is 0 Å². The number of rotatable bonds is 2. The lowest BCUT2D eigenvalue weighted by molar-refractivity contribution is -0.147.